The van der Waals surface area contributed by atoms with Crippen LogP contribution in [0.4, 0.5) is 5.69 Å². The second-order valence-corrected chi connectivity index (χ2v) is 6.93. The van der Waals surface area contributed by atoms with Crippen LogP contribution in [0.15, 0.2) is 48.8 Å². The van der Waals surface area contributed by atoms with Gasteiger partial charge in [-0.05, 0) is 30.7 Å². The molecule has 0 saturated carbocycles. The number of nitrogens with one attached hydrogen (secondary N) is 2. The second-order valence-electron chi connectivity index (χ2n) is 5.73. The van der Waals surface area contributed by atoms with Gasteiger partial charge in [-0.15, -0.1) is 11.3 Å². The number of hydrogen-bond donors (Lipinski definition) is 2. The van der Waals surface area contributed by atoms with E-state index in [0.29, 0.717) is 17.9 Å². The molecule has 0 aliphatic heterocycles. The van der Waals surface area contributed by atoms with Crippen LogP contribution in [0, 0.1) is 6.92 Å². The lowest BCUT2D eigenvalue weighted by Crippen LogP contribution is -2.23. The molecule has 0 bridgehead atoms. The second kappa shape index (κ2) is 7.88. The number of benzene rings is 1. The molecule has 0 atom stereocenters. The van der Waals surface area contributed by atoms with Crippen molar-refractivity contribution in [1.29, 1.82) is 0 Å². The highest BCUT2D eigenvalue weighted by atomic mass is 32.1. The first-order chi connectivity index (χ1) is 12.5. The van der Waals surface area contributed by atoms with E-state index in [4.69, 9.17) is 0 Å². The van der Waals surface area contributed by atoms with Gasteiger partial charge in [-0.25, -0.2) is 4.98 Å². The first-order valence-electron chi connectivity index (χ1n) is 8.05. The fourth-order valence-electron chi connectivity index (χ4n) is 2.43. The normalized spacial score (nSPS) is 10.4. The van der Waals surface area contributed by atoms with Gasteiger partial charge in [-0.2, -0.15) is 0 Å². The summed E-state index contributed by atoms with van der Waals surface area (Å²) in [7, 11) is 0. The van der Waals surface area contributed by atoms with Crippen molar-refractivity contribution in [3.05, 3.63) is 64.9 Å². The molecule has 0 radical (unpaired) electrons. The SMILES string of the molecule is CC(=O)Nc1cccc(-c2nc(C(=O)NCc3cccnc3)c(C)s2)c1. The predicted octanol–water partition coefficient (Wildman–Crippen LogP) is 3.40. The van der Waals surface area contributed by atoms with Crippen molar-refractivity contribution in [1.82, 2.24) is 15.3 Å². The van der Waals surface area contributed by atoms with E-state index in [1.807, 2.05) is 43.3 Å². The summed E-state index contributed by atoms with van der Waals surface area (Å²) in [4.78, 5) is 33.0. The van der Waals surface area contributed by atoms with E-state index in [1.54, 1.807) is 12.4 Å². The highest BCUT2D eigenvalue weighted by molar-refractivity contribution is 7.15. The molecule has 0 aliphatic rings. The van der Waals surface area contributed by atoms with Crippen LogP contribution >= 0.6 is 11.3 Å². The third-order valence-corrected chi connectivity index (χ3v) is 4.64. The molecule has 0 saturated heterocycles. The van der Waals surface area contributed by atoms with Gasteiger partial charge in [0.1, 0.15) is 10.7 Å². The number of thiazole rings is 1. The minimum absolute atomic E-state index is 0.132. The lowest BCUT2D eigenvalue weighted by atomic mass is 10.2. The van der Waals surface area contributed by atoms with Gasteiger partial charge >= 0.3 is 0 Å². The van der Waals surface area contributed by atoms with Gasteiger partial charge in [0.15, 0.2) is 0 Å². The number of amides is 2. The van der Waals surface area contributed by atoms with Crippen LogP contribution in [0.1, 0.15) is 27.9 Å². The van der Waals surface area contributed by atoms with Crippen LogP contribution in [-0.4, -0.2) is 21.8 Å². The number of anilines is 1. The van der Waals surface area contributed by atoms with E-state index in [0.717, 1.165) is 21.0 Å². The molecule has 26 heavy (non-hydrogen) atoms. The van der Waals surface area contributed by atoms with E-state index < -0.39 is 0 Å². The summed E-state index contributed by atoms with van der Waals surface area (Å²) in [5, 5.41) is 6.35. The van der Waals surface area contributed by atoms with Crippen molar-refractivity contribution >= 4 is 28.8 Å². The lowest BCUT2D eigenvalue weighted by molar-refractivity contribution is -0.114. The monoisotopic (exact) mass is 366 g/mol. The summed E-state index contributed by atoms with van der Waals surface area (Å²) < 4.78 is 0. The Morgan fingerprint density at radius 2 is 2.04 bits per heavy atom. The summed E-state index contributed by atoms with van der Waals surface area (Å²) in [6.07, 6.45) is 3.41. The first kappa shape index (κ1) is 17.8. The smallest absolute Gasteiger partial charge is 0.271 e. The van der Waals surface area contributed by atoms with Crippen molar-refractivity contribution < 1.29 is 9.59 Å². The van der Waals surface area contributed by atoms with Gasteiger partial charge in [-0.1, -0.05) is 18.2 Å². The van der Waals surface area contributed by atoms with Crippen LogP contribution in [0.3, 0.4) is 0 Å². The molecule has 0 spiro atoms. The van der Waals surface area contributed by atoms with Gasteiger partial charge in [0.05, 0.1) is 0 Å². The van der Waals surface area contributed by atoms with Crippen molar-refractivity contribution in [2.24, 2.45) is 0 Å². The Morgan fingerprint density at radius 1 is 1.19 bits per heavy atom. The Bertz CT molecular complexity index is 938. The number of aromatic nitrogens is 2. The molecule has 3 aromatic rings. The summed E-state index contributed by atoms with van der Waals surface area (Å²) in [5.41, 5.74) is 2.90. The summed E-state index contributed by atoms with van der Waals surface area (Å²) in [5.74, 6) is -0.347. The van der Waals surface area contributed by atoms with E-state index in [2.05, 4.69) is 20.6 Å². The Hall–Kier alpha value is -3.06. The zero-order valence-electron chi connectivity index (χ0n) is 14.4. The van der Waals surface area contributed by atoms with Gasteiger partial charge in [-0.3, -0.25) is 14.6 Å². The van der Waals surface area contributed by atoms with Crippen LogP contribution in [0.2, 0.25) is 0 Å². The molecule has 3 rings (SSSR count). The van der Waals surface area contributed by atoms with Crippen LogP contribution in [-0.2, 0) is 11.3 Å². The Kier molecular flexibility index (Phi) is 5.38. The molecule has 1 aromatic carbocycles. The van der Waals surface area contributed by atoms with Crippen molar-refractivity contribution in [3.8, 4) is 10.6 Å². The molecule has 6 nitrogen and oxygen atoms in total. The molecule has 0 fully saturated rings. The zero-order chi connectivity index (χ0) is 18.5. The molecule has 2 amide bonds. The maximum absolute atomic E-state index is 12.5. The van der Waals surface area contributed by atoms with Gasteiger partial charge in [0.25, 0.3) is 5.91 Å². The maximum atomic E-state index is 12.5. The molecule has 132 valence electrons. The Labute approximate surface area is 155 Å². The molecule has 2 aromatic heterocycles. The van der Waals surface area contributed by atoms with Crippen molar-refractivity contribution in [2.75, 3.05) is 5.32 Å². The average Bonchev–Trinajstić information content (AvgIpc) is 3.02. The lowest BCUT2D eigenvalue weighted by Gasteiger charge is -2.04. The molecular formula is C19H18N4O2S. The first-order valence-corrected chi connectivity index (χ1v) is 8.87. The minimum atomic E-state index is -0.216. The van der Waals surface area contributed by atoms with Crippen molar-refractivity contribution in [2.45, 2.75) is 20.4 Å². The summed E-state index contributed by atoms with van der Waals surface area (Å²) in [6, 6.07) is 11.1. The van der Waals surface area contributed by atoms with Crippen LogP contribution in [0.5, 0.6) is 0 Å². The van der Waals surface area contributed by atoms with Crippen molar-refractivity contribution in [3.63, 3.8) is 0 Å². The molecule has 0 aliphatic carbocycles. The molecule has 2 heterocycles. The highest BCUT2D eigenvalue weighted by Gasteiger charge is 2.16. The van der Waals surface area contributed by atoms with E-state index in [9.17, 15) is 9.59 Å². The third-order valence-electron chi connectivity index (χ3n) is 3.62. The molecule has 2 N–H and O–H groups in total. The summed E-state index contributed by atoms with van der Waals surface area (Å²) >= 11 is 1.45. The number of rotatable bonds is 5. The fourth-order valence-corrected chi connectivity index (χ4v) is 3.34. The summed E-state index contributed by atoms with van der Waals surface area (Å²) in [6.45, 7) is 3.74. The largest absolute Gasteiger partial charge is 0.347 e. The molecule has 7 heteroatoms. The fraction of sp³-hybridized carbons (Fsp3) is 0.158. The Balaban J connectivity index is 1.76. The number of pyridine rings is 1. The average molecular weight is 366 g/mol. The topological polar surface area (TPSA) is 84.0 Å². The van der Waals surface area contributed by atoms with Crippen LogP contribution < -0.4 is 10.6 Å². The van der Waals surface area contributed by atoms with E-state index in [-0.39, 0.29) is 11.8 Å². The number of aryl methyl sites for hydroxylation is 1. The zero-order valence-corrected chi connectivity index (χ0v) is 15.3. The highest BCUT2D eigenvalue weighted by Crippen LogP contribution is 2.29. The predicted molar refractivity (Wildman–Crippen MR) is 102 cm³/mol. The number of carbonyl (C=O) groups excluding carboxylic acids is 2. The van der Waals surface area contributed by atoms with Gasteiger partial charge in [0.2, 0.25) is 5.91 Å². The Morgan fingerprint density at radius 3 is 2.77 bits per heavy atom. The molecular weight excluding hydrogens is 348 g/mol. The third kappa shape index (κ3) is 4.31. The molecule has 0 unspecified atom stereocenters. The van der Waals surface area contributed by atoms with Gasteiger partial charge < -0.3 is 10.6 Å². The standard InChI is InChI=1S/C19H18N4O2S/c1-12-17(18(25)21-11-14-5-4-8-20-10-14)23-19(26-12)15-6-3-7-16(9-15)22-13(2)24/h3-10H,11H2,1-2H3,(H,21,25)(H,22,24). The van der Waals surface area contributed by atoms with Crippen LogP contribution in [0.25, 0.3) is 10.6 Å². The minimum Gasteiger partial charge on any atom is -0.347 e. The number of hydrogen-bond acceptors (Lipinski definition) is 5. The van der Waals surface area contributed by atoms with Gasteiger partial charge in [0, 0.05) is 42.0 Å². The quantitative estimate of drug-likeness (QED) is 0.725. The van der Waals surface area contributed by atoms with E-state index in [1.165, 1.54) is 18.3 Å². The number of nitrogens with zero attached hydrogens (tertiary/aromatic N) is 2. The number of carbonyl (C=O) groups is 2. The van der Waals surface area contributed by atoms with E-state index >= 15 is 0 Å². The maximum Gasteiger partial charge on any atom is 0.271 e.